The van der Waals surface area contributed by atoms with E-state index in [1.54, 1.807) is 7.11 Å². The van der Waals surface area contributed by atoms with Crippen LogP contribution < -0.4 is 0 Å². The molecule has 0 spiro atoms. The fourth-order valence-electron chi connectivity index (χ4n) is 2.55. The number of ether oxygens (including phenoxy) is 1. The largest absolute Gasteiger partial charge is 0.385 e. The van der Waals surface area contributed by atoms with Crippen LogP contribution in [0.5, 0.6) is 0 Å². The minimum atomic E-state index is -0.234. The molecule has 0 amide bonds. The summed E-state index contributed by atoms with van der Waals surface area (Å²) in [5, 5.41) is 0. The van der Waals surface area contributed by atoms with Gasteiger partial charge in [0, 0.05) is 29.2 Å². The molecule has 2 rings (SSSR count). The monoisotopic (exact) mass is 296 g/mol. The van der Waals surface area contributed by atoms with E-state index in [0.717, 1.165) is 35.9 Å². The molecule has 3 heteroatoms. The second-order valence-electron chi connectivity index (χ2n) is 4.96. The Morgan fingerprint density at radius 1 is 1.47 bits per heavy atom. The normalized spacial score (nSPS) is 22.9. The summed E-state index contributed by atoms with van der Waals surface area (Å²) >= 11 is 3.42. The standard InChI is InChI=1S/C14H17BrO2/c1-14(6-3-7-17-2)9-10-4-5-11(15)8-12(10)13(14)16/h4-5,8H,3,6-7,9H2,1-2H3. The molecule has 0 heterocycles. The van der Waals surface area contributed by atoms with Crippen molar-refractivity contribution in [2.45, 2.75) is 26.2 Å². The van der Waals surface area contributed by atoms with Crippen molar-refractivity contribution >= 4 is 21.7 Å². The van der Waals surface area contributed by atoms with Gasteiger partial charge in [0.1, 0.15) is 0 Å². The van der Waals surface area contributed by atoms with Crippen LogP contribution in [0.15, 0.2) is 22.7 Å². The summed E-state index contributed by atoms with van der Waals surface area (Å²) in [4.78, 5) is 12.4. The maximum absolute atomic E-state index is 12.4. The Labute approximate surface area is 110 Å². The van der Waals surface area contributed by atoms with E-state index in [2.05, 4.69) is 28.9 Å². The minimum Gasteiger partial charge on any atom is -0.385 e. The van der Waals surface area contributed by atoms with Crippen LogP contribution in [-0.2, 0) is 11.2 Å². The molecule has 0 N–H and O–H groups in total. The van der Waals surface area contributed by atoms with Gasteiger partial charge in [-0.25, -0.2) is 0 Å². The molecule has 1 atom stereocenters. The van der Waals surface area contributed by atoms with Crippen molar-refractivity contribution in [1.82, 2.24) is 0 Å². The van der Waals surface area contributed by atoms with Crippen molar-refractivity contribution in [3.8, 4) is 0 Å². The number of benzene rings is 1. The van der Waals surface area contributed by atoms with E-state index in [1.807, 2.05) is 12.1 Å². The fourth-order valence-corrected chi connectivity index (χ4v) is 2.91. The van der Waals surface area contributed by atoms with Crippen molar-refractivity contribution in [2.24, 2.45) is 5.41 Å². The molecular formula is C14H17BrO2. The number of carbonyl (C=O) groups excluding carboxylic acids is 1. The van der Waals surface area contributed by atoms with Gasteiger partial charge in [0.2, 0.25) is 0 Å². The molecule has 0 aromatic heterocycles. The second kappa shape index (κ2) is 4.91. The first-order valence-corrected chi connectivity index (χ1v) is 6.68. The van der Waals surface area contributed by atoms with E-state index in [1.165, 1.54) is 5.56 Å². The van der Waals surface area contributed by atoms with Crippen molar-refractivity contribution in [3.63, 3.8) is 0 Å². The maximum atomic E-state index is 12.4. The van der Waals surface area contributed by atoms with Gasteiger partial charge in [-0.3, -0.25) is 4.79 Å². The summed E-state index contributed by atoms with van der Waals surface area (Å²) in [7, 11) is 1.70. The summed E-state index contributed by atoms with van der Waals surface area (Å²) in [6, 6.07) is 6.01. The summed E-state index contributed by atoms with van der Waals surface area (Å²) in [6.07, 6.45) is 2.69. The van der Waals surface area contributed by atoms with E-state index in [9.17, 15) is 4.79 Å². The molecule has 2 nitrogen and oxygen atoms in total. The number of methoxy groups -OCH3 is 1. The topological polar surface area (TPSA) is 26.3 Å². The third kappa shape index (κ3) is 2.45. The highest BCUT2D eigenvalue weighted by molar-refractivity contribution is 9.10. The number of hydrogen-bond donors (Lipinski definition) is 0. The molecule has 1 aliphatic carbocycles. The zero-order valence-corrected chi connectivity index (χ0v) is 11.8. The Morgan fingerprint density at radius 2 is 2.24 bits per heavy atom. The van der Waals surface area contributed by atoms with Crippen LogP contribution in [0, 0.1) is 5.41 Å². The lowest BCUT2D eigenvalue weighted by molar-refractivity contribution is 0.0810. The summed E-state index contributed by atoms with van der Waals surface area (Å²) in [6.45, 7) is 2.79. The minimum absolute atomic E-state index is 0.234. The third-order valence-electron chi connectivity index (χ3n) is 3.52. The quantitative estimate of drug-likeness (QED) is 0.793. The van der Waals surface area contributed by atoms with E-state index in [-0.39, 0.29) is 11.2 Å². The van der Waals surface area contributed by atoms with Gasteiger partial charge in [-0.2, -0.15) is 0 Å². The highest BCUT2D eigenvalue weighted by Gasteiger charge is 2.40. The molecule has 0 aliphatic heterocycles. The number of rotatable bonds is 4. The van der Waals surface area contributed by atoms with Crippen molar-refractivity contribution < 1.29 is 9.53 Å². The van der Waals surface area contributed by atoms with E-state index >= 15 is 0 Å². The van der Waals surface area contributed by atoms with E-state index in [0.29, 0.717) is 0 Å². The van der Waals surface area contributed by atoms with Crippen LogP contribution in [0.3, 0.4) is 0 Å². The van der Waals surface area contributed by atoms with Gasteiger partial charge >= 0.3 is 0 Å². The fraction of sp³-hybridized carbons (Fsp3) is 0.500. The molecular weight excluding hydrogens is 280 g/mol. The first-order valence-electron chi connectivity index (χ1n) is 5.89. The van der Waals surface area contributed by atoms with Crippen LogP contribution in [-0.4, -0.2) is 19.5 Å². The van der Waals surface area contributed by atoms with Crippen LogP contribution in [0.1, 0.15) is 35.7 Å². The predicted molar refractivity (Wildman–Crippen MR) is 71.4 cm³/mol. The number of ketones is 1. The second-order valence-corrected chi connectivity index (χ2v) is 5.88. The van der Waals surface area contributed by atoms with Crippen LogP contribution >= 0.6 is 15.9 Å². The SMILES string of the molecule is COCCCC1(C)Cc2ccc(Br)cc2C1=O. The average Bonchev–Trinajstić information content (AvgIpc) is 2.53. The number of carbonyl (C=O) groups is 1. The lowest BCUT2D eigenvalue weighted by Gasteiger charge is -2.21. The Morgan fingerprint density at radius 3 is 2.94 bits per heavy atom. The molecule has 0 saturated heterocycles. The Hall–Kier alpha value is -0.670. The van der Waals surface area contributed by atoms with Crippen molar-refractivity contribution in [3.05, 3.63) is 33.8 Å². The molecule has 0 saturated carbocycles. The zero-order chi connectivity index (χ0) is 12.5. The van der Waals surface area contributed by atoms with Gasteiger partial charge in [0.25, 0.3) is 0 Å². The van der Waals surface area contributed by atoms with Gasteiger partial charge < -0.3 is 4.74 Å². The number of hydrogen-bond acceptors (Lipinski definition) is 2. The molecule has 92 valence electrons. The molecule has 0 radical (unpaired) electrons. The van der Waals surface area contributed by atoms with Gasteiger partial charge in [-0.05, 0) is 37.0 Å². The Bertz CT molecular complexity index is 442. The Balaban J connectivity index is 2.18. The summed E-state index contributed by atoms with van der Waals surface area (Å²) in [5.74, 6) is 0.282. The molecule has 1 aromatic rings. The summed E-state index contributed by atoms with van der Waals surface area (Å²) < 4.78 is 6.04. The maximum Gasteiger partial charge on any atom is 0.169 e. The van der Waals surface area contributed by atoms with Gasteiger partial charge in [0.05, 0.1) is 0 Å². The van der Waals surface area contributed by atoms with Crippen LogP contribution in [0.25, 0.3) is 0 Å². The smallest absolute Gasteiger partial charge is 0.169 e. The molecule has 1 aromatic carbocycles. The molecule has 1 aliphatic rings. The van der Waals surface area contributed by atoms with Crippen molar-refractivity contribution in [1.29, 1.82) is 0 Å². The predicted octanol–water partition coefficient (Wildman–Crippen LogP) is 3.62. The van der Waals surface area contributed by atoms with Gasteiger partial charge in [0.15, 0.2) is 5.78 Å². The molecule has 0 fully saturated rings. The molecule has 0 bridgehead atoms. The first-order chi connectivity index (χ1) is 8.07. The highest BCUT2D eigenvalue weighted by Crippen LogP contribution is 2.40. The highest BCUT2D eigenvalue weighted by atomic mass is 79.9. The number of fused-ring (bicyclic) bond motifs is 1. The third-order valence-corrected chi connectivity index (χ3v) is 4.02. The first kappa shape index (κ1) is 12.8. The average molecular weight is 297 g/mol. The van der Waals surface area contributed by atoms with Gasteiger partial charge in [-0.15, -0.1) is 0 Å². The molecule has 17 heavy (non-hydrogen) atoms. The van der Waals surface area contributed by atoms with Gasteiger partial charge in [-0.1, -0.05) is 28.9 Å². The lowest BCUT2D eigenvalue weighted by Crippen LogP contribution is -2.24. The summed E-state index contributed by atoms with van der Waals surface area (Å²) in [5.41, 5.74) is 1.83. The van der Waals surface area contributed by atoms with Crippen molar-refractivity contribution in [2.75, 3.05) is 13.7 Å². The zero-order valence-electron chi connectivity index (χ0n) is 10.3. The number of halogens is 1. The van der Waals surface area contributed by atoms with Crippen LogP contribution in [0.4, 0.5) is 0 Å². The van der Waals surface area contributed by atoms with Crippen LogP contribution in [0.2, 0.25) is 0 Å². The number of Topliss-reactive ketones (excluding diaryl/α,β-unsaturated/α-hetero) is 1. The lowest BCUT2D eigenvalue weighted by atomic mass is 9.81. The van der Waals surface area contributed by atoms with E-state index < -0.39 is 0 Å². The Kier molecular flexibility index (Phi) is 3.69. The van der Waals surface area contributed by atoms with E-state index in [4.69, 9.17) is 4.74 Å². The molecule has 1 unspecified atom stereocenters.